The van der Waals surface area contributed by atoms with Gasteiger partial charge in [0.05, 0.1) is 61.1 Å². The maximum atomic E-state index is 13.5. The molecule has 2 saturated heterocycles. The maximum Gasteiger partial charge on any atom is 0.421 e. The lowest BCUT2D eigenvalue weighted by molar-refractivity contribution is -0.138. The first-order chi connectivity index (χ1) is 19.4. The number of benzene rings is 2. The van der Waals surface area contributed by atoms with Crippen molar-refractivity contribution < 1.29 is 37.1 Å². The molecule has 3 aromatic rings. The standard InChI is InChI=1S/C25H19ClF3N5O5S2/c1-39-23(37)34-7-6-33(41-34)21(35)13-31-22(36)20(40-24(31)38)9-14-2-5-19-16(8-14)11-30-32(19)12-15-3-4-17(26)10-18(15)25(27,28)29/h2-5,8-11H,6-7,12-13H2,1H3. The number of thioether (sulfide) groups is 1. The summed E-state index contributed by atoms with van der Waals surface area (Å²) in [5.74, 6) is -1.16. The van der Waals surface area contributed by atoms with E-state index >= 15 is 0 Å². The van der Waals surface area contributed by atoms with Crippen LogP contribution >= 0.6 is 35.5 Å². The number of amides is 4. The van der Waals surface area contributed by atoms with Gasteiger partial charge in [-0.3, -0.25) is 28.3 Å². The van der Waals surface area contributed by atoms with Crippen LogP contribution in [0.25, 0.3) is 17.0 Å². The molecule has 16 heteroatoms. The number of hydrogen-bond donors (Lipinski definition) is 0. The molecule has 4 amide bonds. The first-order valence-electron chi connectivity index (χ1n) is 11.8. The Bertz CT molecular complexity index is 1610. The van der Waals surface area contributed by atoms with Gasteiger partial charge in [-0.2, -0.15) is 18.3 Å². The second-order valence-corrected chi connectivity index (χ2v) is 11.3. The van der Waals surface area contributed by atoms with Gasteiger partial charge in [0.2, 0.25) is 0 Å². The van der Waals surface area contributed by atoms with Crippen LogP contribution in [0.5, 0.6) is 0 Å². The Hall–Kier alpha value is -3.69. The number of hydrogen-bond acceptors (Lipinski definition) is 8. The molecule has 2 aliphatic heterocycles. The van der Waals surface area contributed by atoms with E-state index in [0.717, 1.165) is 23.1 Å². The summed E-state index contributed by atoms with van der Waals surface area (Å²) in [6, 6.07) is 8.56. The molecule has 5 rings (SSSR count). The fraction of sp³-hybridized carbons (Fsp3) is 0.240. The Morgan fingerprint density at radius 2 is 1.88 bits per heavy atom. The summed E-state index contributed by atoms with van der Waals surface area (Å²) in [6.07, 6.45) is -2.21. The first kappa shape index (κ1) is 28.8. The number of rotatable bonds is 5. The number of methoxy groups -OCH3 is 1. The van der Waals surface area contributed by atoms with Gasteiger partial charge in [0.1, 0.15) is 6.54 Å². The minimum Gasteiger partial charge on any atom is -0.452 e. The highest BCUT2D eigenvalue weighted by Gasteiger charge is 2.39. The Morgan fingerprint density at radius 1 is 1.12 bits per heavy atom. The fourth-order valence-electron chi connectivity index (χ4n) is 4.21. The number of fused-ring (bicyclic) bond motifs is 1. The molecule has 2 aliphatic rings. The number of carbonyl (C=O) groups is 4. The molecular formula is C25H19ClF3N5O5S2. The van der Waals surface area contributed by atoms with Crippen molar-refractivity contribution >= 4 is 75.6 Å². The van der Waals surface area contributed by atoms with Gasteiger partial charge in [-0.15, -0.1) is 0 Å². The molecule has 3 heterocycles. The van der Waals surface area contributed by atoms with E-state index in [9.17, 15) is 32.3 Å². The van der Waals surface area contributed by atoms with Gasteiger partial charge in [0.25, 0.3) is 17.1 Å². The van der Waals surface area contributed by atoms with Crippen LogP contribution in [-0.2, 0) is 27.0 Å². The minimum atomic E-state index is -4.58. The molecule has 0 unspecified atom stereocenters. The normalized spacial score (nSPS) is 16.9. The third-order valence-corrected chi connectivity index (χ3v) is 8.44. The van der Waals surface area contributed by atoms with Crippen LogP contribution in [0.1, 0.15) is 16.7 Å². The van der Waals surface area contributed by atoms with Crippen LogP contribution < -0.4 is 0 Å². The average molecular weight is 626 g/mol. The third kappa shape index (κ3) is 6.01. The highest BCUT2D eigenvalue weighted by molar-refractivity contribution is 8.18. The van der Waals surface area contributed by atoms with Gasteiger partial charge >= 0.3 is 12.3 Å². The lowest BCUT2D eigenvalue weighted by Crippen LogP contribution is -2.38. The van der Waals surface area contributed by atoms with Crippen molar-refractivity contribution in [2.24, 2.45) is 0 Å². The van der Waals surface area contributed by atoms with E-state index in [1.807, 2.05) is 0 Å². The van der Waals surface area contributed by atoms with Crippen molar-refractivity contribution in [3.8, 4) is 0 Å². The number of halogens is 4. The summed E-state index contributed by atoms with van der Waals surface area (Å²) < 4.78 is 49.1. The Morgan fingerprint density at radius 3 is 2.61 bits per heavy atom. The van der Waals surface area contributed by atoms with E-state index < -0.39 is 41.4 Å². The molecule has 0 bridgehead atoms. The highest BCUT2D eigenvalue weighted by atomic mass is 35.5. The van der Waals surface area contributed by atoms with Crippen LogP contribution in [0.4, 0.5) is 22.8 Å². The third-order valence-electron chi connectivity index (χ3n) is 6.19. The topological polar surface area (TPSA) is 105 Å². The maximum absolute atomic E-state index is 13.5. The lowest BCUT2D eigenvalue weighted by atomic mass is 10.1. The predicted molar refractivity (Wildman–Crippen MR) is 146 cm³/mol. The van der Waals surface area contributed by atoms with Crippen LogP contribution in [0.3, 0.4) is 0 Å². The molecule has 1 aromatic heterocycles. The molecule has 10 nitrogen and oxygen atoms in total. The van der Waals surface area contributed by atoms with Crippen molar-refractivity contribution in [2.75, 3.05) is 26.7 Å². The zero-order chi connectivity index (χ0) is 29.5. The number of alkyl halides is 3. The number of aromatic nitrogens is 2. The number of imide groups is 1. The van der Waals surface area contributed by atoms with Gasteiger partial charge in [-0.1, -0.05) is 23.7 Å². The summed E-state index contributed by atoms with van der Waals surface area (Å²) in [4.78, 5) is 50.7. The molecule has 214 valence electrons. The molecular weight excluding hydrogens is 607 g/mol. The van der Waals surface area contributed by atoms with E-state index in [-0.39, 0.29) is 35.1 Å². The lowest BCUT2D eigenvalue weighted by Gasteiger charge is -2.18. The number of nitrogens with zero attached hydrogens (tertiary/aromatic N) is 5. The molecule has 41 heavy (non-hydrogen) atoms. The van der Waals surface area contributed by atoms with Gasteiger partial charge in [0, 0.05) is 10.4 Å². The first-order valence-corrected chi connectivity index (χ1v) is 13.8. The Kier molecular flexibility index (Phi) is 7.94. The second kappa shape index (κ2) is 11.3. The molecule has 0 atom stereocenters. The fourth-order valence-corrected chi connectivity index (χ4v) is 6.08. The van der Waals surface area contributed by atoms with Crippen molar-refractivity contribution in [2.45, 2.75) is 12.7 Å². The smallest absolute Gasteiger partial charge is 0.421 e. The van der Waals surface area contributed by atoms with Crippen molar-refractivity contribution in [3.05, 3.63) is 69.2 Å². The van der Waals surface area contributed by atoms with Crippen LogP contribution in [0.15, 0.2) is 47.5 Å². The minimum absolute atomic E-state index is 0.00420. The number of carbonyl (C=O) groups excluding carboxylic acids is 4. The molecule has 0 N–H and O–H groups in total. The van der Waals surface area contributed by atoms with E-state index in [1.54, 1.807) is 18.2 Å². The molecule has 0 radical (unpaired) electrons. The van der Waals surface area contributed by atoms with Gasteiger partial charge in [-0.25, -0.2) is 9.10 Å². The van der Waals surface area contributed by atoms with Gasteiger partial charge in [0.15, 0.2) is 0 Å². The van der Waals surface area contributed by atoms with Gasteiger partial charge < -0.3 is 4.74 Å². The predicted octanol–water partition coefficient (Wildman–Crippen LogP) is 5.27. The summed E-state index contributed by atoms with van der Waals surface area (Å²) >= 11 is 7.31. The van der Waals surface area contributed by atoms with E-state index in [2.05, 4.69) is 9.84 Å². The largest absolute Gasteiger partial charge is 0.452 e. The molecule has 0 spiro atoms. The Balaban J connectivity index is 1.30. The van der Waals surface area contributed by atoms with Crippen molar-refractivity contribution in [3.63, 3.8) is 0 Å². The van der Waals surface area contributed by atoms with Crippen molar-refractivity contribution in [1.82, 2.24) is 23.3 Å². The SMILES string of the molecule is COC(=O)N1CCN(C(=O)CN2C(=O)SC(=Cc3ccc4c(cnn4Cc4ccc(Cl)cc4C(F)(F)F)c3)C2=O)S1. The van der Waals surface area contributed by atoms with Crippen LogP contribution in [0.2, 0.25) is 5.02 Å². The summed E-state index contributed by atoms with van der Waals surface area (Å²) in [7, 11) is 1.22. The quantitative estimate of drug-likeness (QED) is 0.279. The second-order valence-electron chi connectivity index (χ2n) is 8.84. The average Bonchev–Trinajstić information content (AvgIpc) is 3.64. The Labute approximate surface area is 244 Å². The van der Waals surface area contributed by atoms with E-state index in [0.29, 0.717) is 28.2 Å². The van der Waals surface area contributed by atoms with E-state index in [4.69, 9.17) is 11.6 Å². The van der Waals surface area contributed by atoms with Crippen LogP contribution in [0, 0.1) is 0 Å². The zero-order valence-corrected chi connectivity index (χ0v) is 23.4. The van der Waals surface area contributed by atoms with Crippen LogP contribution in [-0.4, -0.2) is 73.2 Å². The number of ether oxygens (including phenoxy) is 1. The monoisotopic (exact) mass is 625 g/mol. The van der Waals surface area contributed by atoms with E-state index in [1.165, 1.54) is 44.8 Å². The molecule has 0 saturated carbocycles. The summed E-state index contributed by atoms with van der Waals surface area (Å²) in [5, 5.41) is 4.20. The zero-order valence-electron chi connectivity index (χ0n) is 21.1. The molecule has 2 aromatic carbocycles. The summed E-state index contributed by atoms with van der Waals surface area (Å²) in [5.41, 5.74) is 0.279. The van der Waals surface area contributed by atoms with Gasteiger partial charge in [-0.05, 0) is 53.2 Å². The summed E-state index contributed by atoms with van der Waals surface area (Å²) in [6.45, 7) is -0.171. The highest BCUT2D eigenvalue weighted by Crippen LogP contribution is 2.35. The molecule has 0 aliphatic carbocycles. The van der Waals surface area contributed by atoms with Crippen molar-refractivity contribution in [1.29, 1.82) is 0 Å². The molecule has 2 fully saturated rings.